The highest BCUT2D eigenvalue weighted by Crippen LogP contribution is 2.41. The molecule has 4 aromatic rings. The summed E-state index contributed by atoms with van der Waals surface area (Å²) in [6.45, 7) is 3.51. The maximum Gasteiger partial charge on any atom is 0.273 e. The van der Waals surface area contributed by atoms with Gasteiger partial charge in [-0.3, -0.25) is 9.59 Å². The third-order valence-electron chi connectivity index (χ3n) is 8.34. The summed E-state index contributed by atoms with van der Waals surface area (Å²) in [6, 6.07) is 30.2. The molecule has 0 atom stereocenters. The van der Waals surface area contributed by atoms with Gasteiger partial charge in [-0.15, -0.1) is 23.5 Å². The van der Waals surface area contributed by atoms with Crippen LogP contribution in [-0.4, -0.2) is 37.4 Å². The second kappa shape index (κ2) is 21.1. The number of halogens is 2. The van der Waals surface area contributed by atoms with Crippen molar-refractivity contribution in [2.75, 3.05) is 36.2 Å². The molecule has 2 amide bonds. The molecule has 4 N–H and O–H groups in total. The molecule has 5 rings (SSSR count). The summed E-state index contributed by atoms with van der Waals surface area (Å²) in [5, 5.41) is 16.2. The van der Waals surface area contributed by atoms with E-state index in [1.165, 1.54) is 60.9 Å². The van der Waals surface area contributed by atoms with E-state index in [9.17, 15) is 18.4 Å². The van der Waals surface area contributed by atoms with Gasteiger partial charge in [-0.1, -0.05) is 91.9 Å². The average molecular weight is 743 g/mol. The highest BCUT2D eigenvalue weighted by Gasteiger charge is 2.30. The first-order chi connectivity index (χ1) is 25.2. The summed E-state index contributed by atoms with van der Waals surface area (Å²) in [6.07, 6.45) is 9.93. The van der Waals surface area contributed by atoms with E-state index in [4.69, 9.17) is 0 Å². The molecule has 1 aliphatic rings. The number of hydrogen-bond acceptors (Lipinski definition) is 6. The largest absolute Gasteiger partial charge is 0.380 e. The number of benzene rings is 4. The van der Waals surface area contributed by atoms with Crippen molar-refractivity contribution in [3.8, 4) is 0 Å². The minimum Gasteiger partial charge on any atom is -0.380 e. The summed E-state index contributed by atoms with van der Waals surface area (Å²) >= 11 is 3.16. The molecule has 6 nitrogen and oxygen atoms in total. The fourth-order valence-corrected chi connectivity index (χ4v) is 5.84. The first kappa shape index (κ1) is 40.2. The van der Waals surface area contributed by atoms with Crippen molar-refractivity contribution in [3.63, 3.8) is 0 Å². The molecular formula is C42H48F2N4O2S2. The molecule has 0 radical (unpaired) electrons. The topological polar surface area (TPSA) is 82.3 Å². The second-order valence-corrected chi connectivity index (χ2v) is 13.7. The lowest BCUT2D eigenvalue weighted by molar-refractivity contribution is -0.00826. The van der Waals surface area contributed by atoms with Crippen molar-refractivity contribution >= 4 is 46.7 Å². The Kier molecular flexibility index (Phi) is 16.3. The molecule has 0 aliphatic heterocycles. The van der Waals surface area contributed by atoms with E-state index in [0.717, 1.165) is 11.3 Å². The van der Waals surface area contributed by atoms with Gasteiger partial charge in [0, 0.05) is 49.5 Å². The normalized spacial score (nSPS) is 12.6. The minimum atomic E-state index is -2.93. The summed E-state index contributed by atoms with van der Waals surface area (Å²) in [7, 11) is 0. The van der Waals surface area contributed by atoms with Crippen molar-refractivity contribution in [2.24, 2.45) is 0 Å². The van der Waals surface area contributed by atoms with Gasteiger partial charge in [-0.05, 0) is 83.0 Å². The van der Waals surface area contributed by atoms with Crippen LogP contribution in [0.5, 0.6) is 0 Å². The molecule has 0 aromatic heterocycles. The standard InChI is InChI=1S/C21H24F2N2OS.C21H24N2OS/c1-3-21(22,23)17-10-11-18(20(26)24-12-7-13-27-2)19(14-17)25-15-16-8-5-4-6-9-16;1-25-13-5-12-22-21(24)19-11-10-18(17-8-9-17)14-20(19)23-15-16-6-3-2-4-7-16/h4-11,13-14,25H,3,12,15H2,1-2H3,(H,24,26);2-7,10-11,13-14,17,23H,8-9,12,15H2,1H3,(H,22,24)/b13-7+;13-5+. The zero-order chi connectivity index (χ0) is 37.2. The van der Waals surface area contributed by atoms with E-state index >= 15 is 0 Å². The minimum absolute atomic E-state index is 0.0383. The Morgan fingerprint density at radius 2 is 1.19 bits per heavy atom. The third kappa shape index (κ3) is 12.9. The van der Waals surface area contributed by atoms with Crippen LogP contribution < -0.4 is 21.3 Å². The number of carbonyl (C=O) groups is 2. The van der Waals surface area contributed by atoms with Gasteiger partial charge in [0.25, 0.3) is 17.7 Å². The van der Waals surface area contributed by atoms with Crippen molar-refractivity contribution < 1.29 is 18.4 Å². The molecule has 52 heavy (non-hydrogen) atoms. The number of hydrogen-bond donors (Lipinski definition) is 4. The van der Waals surface area contributed by atoms with Gasteiger partial charge < -0.3 is 21.3 Å². The number of alkyl halides is 2. The van der Waals surface area contributed by atoms with E-state index in [2.05, 4.69) is 45.5 Å². The summed E-state index contributed by atoms with van der Waals surface area (Å²) in [4.78, 5) is 25.0. The number of anilines is 2. The van der Waals surface area contributed by atoms with E-state index in [-0.39, 0.29) is 23.8 Å². The van der Waals surface area contributed by atoms with Crippen LogP contribution in [0.15, 0.2) is 120 Å². The van der Waals surface area contributed by atoms with Gasteiger partial charge in [0.15, 0.2) is 0 Å². The SMILES string of the molecule is CCC(F)(F)c1ccc(C(=O)NC/C=C/SC)c(NCc2ccccc2)c1.CS/C=C/CNC(=O)c1ccc(C2CC2)cc1NCc1ccccc1. The number of amides is 2. The quantitative estimate of drug-likeness (QED) is 0.0863. The zero-order valence-corrected chi connectivity index (χ0v) is 31.6. The molecule has 1 fully saturated rings. The molecule has 0 unspecified atom stereocenters. The fraction of sp³-hybridized carbons (Fsp3) is 0.286. The molecule has 0 spiro atoms. The molecular weight excluding hydrogens is 695 g/mol. The first-order valence-electron chi connectivity index (χ1n) is 17.4. The van der Waals surface area contributed by atoms with Crippen molar-refractivity contribution in [3.05, 3.63) is 153 Å². The lowest BCUT2D eigenvalue weighted by Gasteiger charge is -2.18. The van der Waals surface area contributed by atoms with Gasteiger partial charge in [0.2, 0.25) is 0 Å². The lowest BCUT2D eigenvalue weighted by Crippen LogP contribution is -2.25. The summed E-state index contributed by atoms with van der Waals surface area (Å²) < 4.78 is 28.2. The van der Waals surface area contributed by atoms with Crippen LogP contribution in [0, 0.1) is 0 Å². The molecule has 0 saturated heterocycles. The van der Waals surface area contributed by atoms with Gasteiger partial charge in [-0.25, -0.2) is 8.78 Å². The molecule has 0 bridgehead atoms. The predicted octanol–water partition coefficient (Wildman–Crippen LogP) is 10.2. The van der Waals surface area contributed by atoms with Gasteiger partial charge in [-0.2, -0.15) is 0 Å². The zero-order valence-electron chi connectivity index (χ0n) is 30.0. The Labute approximate surface area is 315 Å². The lowest BCUT2D eigenvalue weighted by atomic mass is 10.0. The highest BCUT2D eigenvalue weighted by atomic mass is 32.2. The van der Waals surface area contributed by atoms with Gasteiger partial charge in [0.1, 0.15) is 0 Å². The Bertz CT molecular complexity index is 1780. The van der Waals surface area contributed by atoms with Crippen LogP contribution >= 0.6 is 23.5 Å². The predicted molar refractivity (Wildman–Crippen MR) is 217 cm³/mol. The Balaban J connectivity index is 0.000000233. The van der Waals surface area contributed by atoms with Crippen LogP contribution in [0.3, 0.4) is 0 Å². The molecule has 10 heteroatoms. The smallest absolute Gasteiger partial charge is 0.273 e. The van der Waals surface area contributed by atoms with Crippen molar-refractivity contribution in [2.45, 2.75) is 51.1 Å². The van der Waals surface area contributed by atoms with Crippen molar-refractivity contribution in [1.29, 1.82) is 0 Å². The molecule has 1 aliphatic carbocycles. The van der Waals surface area contributed by atoms with E-state index in [1.54, 1.807) is 11.8 Å². The summed E-state index contributed by atoms with van der Waals surface area (Å²) in [5.74, 6) is -2.61. The monoisotopic (exact) mass is 742 g/mol. The van der Waals surface area contributed by atoms with Gasteiger partial charge in [0.05, 0.1) is 11.1 Å². The summed E-state index contributed by atoms with van der Waals surface area (Å²) in [5.41, 5.74) is 5.80. The van der Waals surface area contributed by atoms with Crippen LogP contribution in [-0.2, 0) is 19.0 Å². The molecule has 274 valence electrons. The van der Waals surface area contributed by atoms with Crippen LogP contribution in [0.1, 0.15) is 75.1 Å². The number of carbonyl (C=O) groups excluding carboxylic acids is 2. The Hall–Kier alpha value is -4.54. The molecule has 4 aromatic carbocycles. The maximum atomic E-state index is 14.1. The highest BCUT2D eigenvalue weighted by molar-refractivity contribution is 8.01. The maximum absolute atomic E-state index is 14.1. The van der Waals surface area contributed by atoms with E-state index < -0.39 is 5.92 Å². The first-order valence-corrected chi connectivity index (χ1v) is 20.0. The molecule has 1 saturated carbocycles. The van der Waals surface area contributed by atoms with Crippen LogP contribution in [0.25, 0.3) is 0 Å². The average Bonchev–Trinajstić information content (AvgIpc) is 4.03. The van der Waals surface area contributed by atoms with Gasteiger partial charge >= 0.3 is 0 Å². The number of thioether (sulfide) groups is 2. The molecule has 0 heterocycles. The van der Waals surface area contributed by atoms with Crippen LogP contribution in [0.4, 0.5) is 20.2 Å². The third-order valence-corrected chi connectivity index (χ3v) is 9.27. The van der Waals surface area contributed by atoms with E-state index in [0.29, 0.717) is 48.9 Å². The van der Waals surface area contributed by atoms with E-state index in [1.807, 2.05) is 90.1 Å². The van der Waals surface area contributed by atoms with Crippen molar-refractivity contribution in [1.82, 2.24) is 10.6 Å². The number of nitrogens with one attached hydrogen (secondary N) is 4. The number of rotatable bonds is 17. The fourth-order valence-electron chi connectivity index (χ4n) is 5.27. The van der Waals surface area contributed by atoms with Crippen LogP contribution in [0.2, 0.25) is 0 Å². The second-order valence-electron chi connectivity index (χ2n) is 12.2. The Morgan fingerprint density at radius 3 is 1.65 bits per heavy atom. The Morgan fingerprint density at radius 1 is 0.712 bits per heavy atom.